The van der Waals surface area contributed by atoms with Crippen molar-refractivity contribution in [3.63, 3.8) is 0 Å². The Bertz CT molecular complexity index is 2130. The van der Waals surface area contributed by atoms with E-state index in [2.05, 4.69) is 15.4 Å². The number of rotatable bonds is 10. The van der Waals surface area contributed by atoms with Crippen LogP contribution in [0, 0.1) is 12.8 Å². The molecule has 3 aliphatic heterocycles. The molecule has 5 amide bonds. The van der Waals surface area contributed by atoms with Gasteiger partial charge in [-0.1, -0.05) is 25.0 Å². The monoisotopic (exact) mass is 838 g/mol. The maximum absolute atomic E-state index is 14.8. The van der Waals surface area contributed by atoms with Crippen LogP contribution in [0.1, 0.15) is 91.0 Å². The minimum Gasteiger partial charge on any atom is -0.496 e. The second kappa shape index (κ2) is 16.1. The van der Waals surface area contributed by atoms with E-state index in [9.17, 15) is 27.6 Å². The van der Waals surface area contributed by atoms with E-state index >= 15 is 0 Å². The Kier molecular flexibility index (Phi) is 11.6. The van der Waals surface area contributed by atoms with Gasteiger partial charge >= 0.3 is 6.03 Å². The Labute approximate surface area is 346 Å². The topological polar surface area (TPSA) is 195 Å². The van der Waals surface area contributed by atoms with Crippen molar-refractivity contribution in [3.8, 4) is 17.4 Å². The van der Waals surface area contributed by atoms with Crippen molar-refractivity contribution in [3.05, 3.63) is 35.9 Å². The first-order valence-corrected chi connectivity index (χ1v) is 22.2. The number of aromatic nitrogens is 1. The van der Waals surface area contributed by atoms with Crippen molar-refractivity contribution >= 4 is 44.7 Å². The maximum Gasteiger partial charge on any atom is 0.318 e. The van der Waals surface area contributed by atoms with Crippen LogP contribution in [0.2, 0.25) is 0 Å². The van der Waals surface area contributed by atoms with Crippen LogP contribution >= 0.6 is 0 Å². The Morgan fingerprint density at radius 2 is 1.80 bits per heavy atom. The van der Waals surface area contributed by atoms with E-state index in [0.717, 1.165) is 18.4 Å². The van der Waals surface area contributed by atoms with E-state index in [1.165, 1.54) is 4.90 Å². The Balaban J connectivity index is 1.21. The number of nitrogens with one attached hydrogen (secondary N) is 3. The maximum atomic E-state index is 14.8. The minimum absolute atomic E-state index is 0.0106. The van der Waals surface area contributed by atoms with Crippen LogP contribution in [-0.2, 0) is 29.1 Å². The van der Waals surface area contributed by atoms with Crippen LogP contribution in [0.3, 0.4) is 0 Å². The number of benzene rings is 1. The summed E-state index contributed by atoms with van der Waals surface area (Å²) in [6, 6.07) is 2.87. The fraction of sp³-hybridized carbons (Fsp3) is 0.643. The van der Waals surface area contributed by atoms with Gasteiger partial charge in [-0.25, -0.2) is 18.2 Å². The van der Waals surface area contributed by atoms with Gasteiger partial charge in [0.15, 0.2) is 0 Å². The van der Waals surface area contributed by atoms with E-state index < -0.39 is 73.8 Å². The zero-order chi connectivity index (χ0) is 42.5. The molecule has 1 aromatic carbocycles. The second-order valence-corrected chi connectivity index (χ2v) is 19.8. The number of likely N-dealkylation sites (tertiary alicyclic amines) is 1. The summed E-state index contributed by atoms with van der Waals surface area (Å²) in [7, 11) is -0.826. The third-order valence-electron chi connectivity index (χ3n) is 12.6. The number of sulfonamides is 1. The number of methoxy groups -OCH3 is 2. The van der Waals surface area contributed by atoms with Gasteiger partial charge < -0.3 is 39.4 Å². The molecule has 4 fully saturated rings. The number of fused-ring (bicyclic) bond motifs is 3. The fourth-order valence-corrected chi connectivity index (χ4v) is 9.69. The molecule has 5 atom stereocenters. The molecule has 2 aromatic rings. The molecule has 4 heterocycles. The van der Waals surface area contributed by atoms with E-state index in [0.29, 0.717) is 73.5 Å². The van der Waals surface area contributed by atoms with Gasteiger partial charge in [-0.2, -0.15) is 0 Å². The molecule has 5 aliphatic rings. The van der Waals surface area contributed by atoms with Gasteiger partial charge in [0, 0.05) is 36.5 Å². The number of aryl methyl sites for hydroxylation is 1. The molecule has 17 heteroatoms. The van der Waals surface area contributed by atoms with E-state index in [1.807, 2.05) is 52.0 Å². The number of pyridine rings is 1. The molecule has 0 radical (unpaired) electrons. The van der Waals surface area contributed by atoms with Crippen molar-refractivity contribution in [1.29, 1.82) is 0 Å². The van der Waals surface area contributed by atoms with Crippen molar-refractivity contribution in [2.45, 2.75) is 133 Å². The first kappa shape index (κ1) is 42.5. The Hall–Kier alpha value is -4.64. The number of nitrogens with zero attached hydrogens (tertiary/aromatic N) is 3. The summed E-state index contributed by atoms with van der Waals surface area (Å²) in [5, 5.41) is 6.56. The molecule has 0 bridgehead atoms. The van der Waals surface area contributed by atoms with Crippen LogP contribution < -0.4 is 29.6 Å². The number of carbonyl (C=O) groups is 4. The van der Waals surface area contributed by atoms with Crippen molar-refractivity contribution in [1.82, 2.24) is 30.1 Å². The van der Waals surface area contributed by atoms with Gasteiger partial charge in [0.05, 0.1) is 43.1 Å². The van der Waals surface area contributed by atoms with Gasteiger partial charge in [0.1, 0.15) is 40.8 Å². The summed E-state index contributed by atoms with van der Waals surface area (Å²) in [5.74, 6) is -0.913. The summed E-state index contributed by atoms with van der Waals surface area (Å²) in [4.78, 5) is 64.7. The molecule has 0 spiro atoms. The lowest BCUT2D eigenvalue weighted by Gasteiger charge is -2.47. The third-order valence-corrected chi connectivity index (χ3v) is 14.8. The fourth-order valence-electron chi connectivity index (χ4n) is 8.38. The molecular weight excluding hydrogens is 781 g/mol. The third kappa shape index (κ3) is 8.54. The lowest BCUT2D eigenvalue weighted by molar-refractivity contribution is -0.141. The van der Waals surface area contributed by atoms with Crippen LogP contribution in [0.15, 0.2) is 30.4 Å². The number of hydrogen-bond donors (Lipinski definition) is 3. The minimum atomic E-state index is -4.00. The Morgan fingerprint density at radius 1 is 1.05 bits per heavy atom. The smallest absolute Gasteiger partial charge is 0.318 e. The highest BCUT2D eigenvalue weighted by atomic mass is 32.2. The highest BCUT2D eigenvalue weighted by Gasteiger charge is 2.63. The Morgan fingerprint density at radius 3 is 2.47 bits per heavy atom. The van der Waals surface area contributed by atoms with Crippen molar-refractivity contribution in [2.24, 2.45) is 5.92 Å². The lowest BCUT2D eigenvalue weighted by Crippen LogP contribution is -2.66. The largest absolute Gasteiger partial charge is 0.496 e. The molecule has 2 saturated carbocycles. The average Bonchev–Trinajstić information content (AvgIpc) is 4.05. The highest BCUT2D eigenvalue weighted by Crippen LogP contribution is 2.48. The molecule has 16 nitrogen and oxygen atoms in total. The average molecular weight is 839 g/mol. The molecule has 1 aromatic heterocycles. The zero-order valence-corrected chi connectivity index (χ0v) is 35.9. The number of amides is 5. The number of allylic oxidation sites excluding steroid dienone is 1. The van der Waals surface area contributed by atoms with Gasteiger partial charge in [-0.15, -0.1) is 0 Å². The summed E-state index contributed by atoms with van der Waals surface area (Å²) in [5.41, 5.74) is -0.620. The molecule has 59 heavy (non-hydrogen) atoms. The molecule has 2 saturated heterocycles. The molecule has 3 N–H and O–H groups in total. The second-order valence-electron chi connectivity index (χ2n) is 17.6. The van der Waals surface area contributed by atoms with Gasteiger partial charge in [-0.05, 0) is 85.3 Å². The SMILES string of the molecule is COc1ccc2c(OC3CC4C(=O)NC5(C(=O)NS(=O)(=O)C6(C)CC6)CC5C=CCCCCCC(NC(=O)N5CC(C)(OC)C5)C(=O)N4C3)cc(OC(C)C)nc2c1C. The summed E-state index contributed by atoms with van der Waals surface area (Å²) < 4.78 is 51.5. The lowest BCUT2D eigenvalue weighted by atomic mass is 9.97. The number of hydrogen-bond acceptors (Lipinski definition) is 11. The van der Waals surface area contributed by atoms with Crippen molar-refractivity contribution < 1.29 is 46.5 Å². The normalized spacial score (nSPS) is 27.7. The van der Waals surface area contributed by atoms with E-state index in [-0.39, 0.29) is 25.5 Å². The molecule has 2 aliphatic carbocycles. The quantitative estimate of drug-likeness (QED) is 0.294. The first-order valence-electron chi connectivity index (χ1n) is 20.7. The highest BCUT2D eigenvalue weighted by molar-refractivity contribution is 7.91. The van der Waals surface area contributed by atoms with Crippen molar-refractivity contribution in [2.75, 3.05) is 33.9 Å². The van der Waals surface area contributed by atoms with E-state index in [4.69, 9.17) is 23.9 Å². The summed E-state index contributed by atoms with van der Waals surface area (Å²) in [6.45, 7) is 9.88. The molecular formula is C42H58N6O10S. The molecule has 322 valence electrons. The first-order chi connectivity index (χ1) is 27.9. The van der Waals surface area contributed by atoms with Crippen LogP contribution in [-0.4, -0.2) is 121 Å². The van der Waals surface area contributed by atoms with Crippen LogP contribution in [0.5, 0.6) is 17.4 Å². The standard InChI is InChI=1S/C42H58N6O10S/c1-25(2)57-34-20-33(29-15-16-32(55-6)26(3)35(29)44-34)58-28-19-31-36(49)45-42(38(51)46-59(53,54)41(5)17-18-41)21-27(42)13-11-9-8-10-12-14-30(37(50)48(31)22-28)43-39(52)47-23-40(4,24-47)56-7/h11,13,15-16,20,25,27-28,30-31H,8-10,12,14,17-19,21-24H2,1-7H3,(H,43,52)(H,45,49)(H,46,51). The summed E-state index contributed by atoms with van der Waals surface area (Å²) >= 11 is 0. The summed E-state index contributed by atoms with van der Waals surface area (Å²) in [6.07, 6.45) is 7.31. The van der Waals surface area contributed by atoms with Crippen LogP contribution in [0.4, 0.5) is 4.79 Å². The number of carbonyl (C=O) groups excluding carboxylic acids is 4. The zero-order valence-electron chi connectivity index (χ0n) is 35.1. The van der Waals surface area contributed by atoms with Crippen LogP contribution in [0.25, 0.3) is 10.9 Å². The molecule has 7 rings (SSSR count). The number of urea groups is 1. The van der Waals surface area contributed by atoms with Gasteiger partial charge in [0.25, 0.3) is 5.91 Å². The predicted molar refractivity (Wildman–Crippen MR) is 219 cm³/mol. The predicted octanol–water partition coefficient (Wildman–Crippen LogP) is 3.88. The molecule has 5 unspecified atom stereocenters. The van der Waals surface area contributed by atoms with E-state index in [1.54, 1.807) is 32.1 Å². The van der Waals surface area contributed by atoms with Gasteiger partial charge in [0.2, 0.25) is 27.7 Å². The van der Waals surface area contributed by atoms with Gasteiger partial charge in [-0.3, -0.25) is 19.1 Å². The number of ether oxygens (including phenoxy) is 4.